The van der Waals surface area contributed by atoms with Crippen LogP contribution >= 0.6 is 0 Å². The first-order valence-electron chi connectivity index (χ1n) is 5.74. The zero-order valence-corrected chi connectivity index (χ0v) is 10.3. The van der Waals surface area contributed by atoms with Gasteiger partial charge in [0.05, 0.1) is 12.6 Å². The zero-order chi connectivity index (χ0) is 13.4. The number of nitrogens with two attached hydrogens (primary N) is 1. The summed E-state index contributed by atoms with van der Waals surface area (Å²) in [6.45, 7) is 3.64. The molecule has 0 spiro atoms. The molecule has 0 aliphatic heterocycles. The van der Waals surface area contributed by atoms with Gasteiger partial charge in [-0.05, 0) is 23.7 Å². The number of hydrogen-bond donors (Lipinski definition) is 4. The van der Waals surface area contributed by atoms with Crippen LogP contribution in [0.15, 0.2) is 43.2 Å². The van der Waals surface area contributed by atoms with Crippen molar-refractivity contribution in [2.75, 3.05) is 6.61 Å². The second kappa shape index (κ2) is 7.29. The Morgan fingerprint density at radius 1 is 1.44 bits per heavy atom. The van der Waals surface area contributed by atoms with Crippen LogP contribution in [0.1, 0.15) is 11.1 Å². The summed E-state index contributed by atoms with van der Waals surface area (Å²) in [5, 5.41) is 19.4. The van der Waals surface area contributed by atoms with E-state index in [1.54, 1.807) is 6.20 Å². The lowest BCUT2D eigenvalue weighted by atomic mass is 10.0. The van der Waals surface area contributed by atoms with Gasteiger partial charge in [0.25, 0.3) is 0 Å². The Hall–Kier alpha value is -2.07. The van der Waals surface area contributed by atoms with Gasteiger partial charge in [-0.15, -0.1) is 0 Å². The minimum atomic E-state index is -0.0272. The van der Waals surface area contributed by atoms with Gasteiger partial charge < -0.3 is 21.6 Å². The molecule has 18 heavy (non-hydrogen) atoms. The highest BCUT2D eigenvalue weighted by Gasteiger charge is 2.06. The van der Waals surface area contributed by atoms with Crippen LogP contribution in [-0.2, 0) is 6.42 Å². The molecule has 0 bridgehead atoms. The lowest BCUT2D eigenvalue weighted by Crippen LogP contribution is -2.30. The smallest absolute Gasteiger partial charge is 0.0635 e. The minimum absolute atomic E-state index is 0.0272. The lowest BCUT2D eigenvalue weighted by Gasteiger charge is -2.14. The van der Waals surface area contributed by atoms with Gasteiger partial charge in [-0.25, -0.2) is 0 Å². The number of aliphatic hydroxyl groups is 1. The molecule has 0 fully saturated rings. The standard InChI is InChI=1S/C14H19N3O/c1-2-17-14(10-18)7-11-3-5-12(6-4-11)13(8-15)9-16/h2-6,8-9,14-15,17-18H,1,7,10,16H2/b13-9+,15-8?. The van der Waals surface area contributed by atoms with Crippen LogP contribution in [0.5, 0.6) is 0 Å². The van der Waals surface area contributed by atoms with E-state index in [1.807, 2.05) is 24.3 Å². The van der Waals surface area contributed by atoms with Gasteiger partial charge >= 0.3 is 0 Å². The quantitative estimate of drug-likeness (QED) is 0.546. The zero-order valence-electron chi connectivity index (χ0n) is 10.3. The maximum atomic E-state index is 9.17. The fourth-order valence-corrected chi connectivity index (χ4v) is 1.69. The van der Waals surface area contributed by atoms with Gasteiger partial charge in [0.2, 0.25) is 0 Å². The van der Waals surface area contributed by atoms with Gasteiger partial charge in [0.15, 0.2) is 0 Å². The second-order valence-corrected chi connectivity index (χ2v) is 3.92. The average molecular weight is 245 g/mol. The van der Waals surface area contributed by atoms with Gasteiger partial charge in [-0.2, -0.15) is 0 Å². The van der Waals surface area contributed by atoms with Crippen molar-refractivity contribution >= 4 is 11.8 Å². The predicted molar refractivity (Wildman–Crippen MR) is 75.3 cm³/mol. The van der Waals surface area contributed by atoms with E-state index in [-0.39, 0.29) is 12.6 Å². The maximum absolute atomic E-state index is 9.17. The van der Waals surface area contributed by atoms with E-state index in [0.29, 0.717) is 5.57 Å². The van der Waals surface area contributed by atoms with Crippen molar-refractivity contribution in [2.45, 2.75) is 12.5 Å². The van der Waals surface area contributed by atoms with Crippen LogP contribution < -0.4 is 11.1 Å². The first-order valence-corrected chi connectivity index (χ1v) is 5.74. The summed E-state index contributed by atoms with van der Waals surface area (Å²) in [7, 11) is 0. The maximum Gasteiger partial charge on any atom is 0.0635 e. The third kappa shape index (κ3) is 3.75. The molecule has 4 heteroatoms. The molecule has 0 radical (unpaired) electrons. The largest absolute Gasteiger partial charge is 0.404 e. The molecule has 0 saturated heterocycles. The van der Waals surface area contributed by atoms with E-state index >= 15 is 0 Å². The van der Waals surface area contributed by atoms with Gasteiger partial charge in [0.1, 0.15) is 0 Å². The fraction of sp³-hybridized carbons (Fsp3) is 0.214. The van der Waals surface area contributed by atoms with Crippen LogP contribution in [0, 0.1) is 5.41 Å². The van der Waals surface area contributed by atoms with Gasteiger partial charge in [-0.3, -0.25) is 0 Å². The Morgan fingerprint density at radius 3 is 2.56 bits per heavy atom. The molecule has 1 aromatic rings. The Balaban J connectivity index is 2.76. The molecule has 0 amide bonds. The van der Waals surface area contributed by atoms with Crippen molar-refractivity contribution in [3.8, 4) is 0 Å². The van der Waals surface area contributed by atoms with Crippen molar-refractivity contribution in [3.63, 3.8) is 0 Å². The number of nitrogens with one attached hydrogen (secondary N) is 2. The highest BCUT2D eigenvalue weighted by Crippen LogP contribution is 2.13. The Kier molecular flexibility index (Phi) is 5.67. The van der Waals surface area contributed by atoms with E-state index in [2.05, 4.69) is 11.9 Å². The van der Waals surface area contributed by atoms with Crippen LogP contribution in [-0.4, -0.2) is 24.0 Å². The fourth-order valence-electron chi connectivity index (χ4n) is 1.69. The molecule has 4 nitrogen and oxygen atoms in total. The summed E-state index contributed by atoms with van der Waals surface area (Å²) in [4.78, 5) is 0. The molecule has 1 aromatic carbocycles. The molecule has 1 atom stereocenters. The molecule has 0 aliphatic carbocycles. The second-order valence-electron chi connectivity index (χ2n) is 3.92. The summed E-state index contributed by atoms with van der Waals surface area (Å²) in [6, 6.07) is 7.74. The molecule has 1 rings (SSSR count). The Labute approximate surface area is 107 Å². The highest BCUT2D eigenvalue weighted by atomic mass is 16.3. The van der Waals surface area contributed by atoms with E-state index in [9.17, 15) is 5.11 Å². The van der Waals surface area contributed by atoms with Gasteiger partial charge in [0, 0.05) is 18.0 Å². The third-order valence-electron chi connectivity index (χ3n) is 2.68. The van der Waals surface area contributed by atoms with Crippen LogP contribution in [0.2, 0.25) is 0 Å². The number of allylic oxidation sites excluding steroid dienone is 1. The van der Waals surface area contributed by atoms with E-state index in [1.165, 1.54) is 12.4 Å². The first kappa shape index (κ1) is 14.0. The molecule has 0 aliphatic rings. The Morgan fingerprint density at radius 2 is 2.11 bits per heavy atom. The topological polar surface area (TPSA) is 82.1 Å². The van der Waals surface area contributed by atoms with E-state index in [4.69, 9.17) is 11.1 Å². The number of benzene rings is 1. The molecular formula is C14H19N3O. The van der Waals surface area contributed by atoms with Crippen molar-refractivity contribution in [2.24, 2.45) is 5.73 Å². The number of hydrogen-bond acceptors (Lipinski definition) is 4. The molecular weight excluding hydrogens is 226 g/mol. The van der Waals surface area contributed by atoms with E-state index < -0.39 is 0 Å². The SMILES string of the molecule is C=CNC(CO)Cc1ccc(/C(C=N)=C/N)cc1. The monoisotopic (exact) mass is 245 g/mol. The summed E-state index contributed by atoms with van der Waals surface area (Å²) in [5.74, 6) is 0. The van der Waals surface area contributed by atoms with E-state index in [0.717, 1.165) is 17.5 Å². The third-order valence-corrected chi connectivity index (χ3v) is 2.68. The van der Waals surface area contributed by atoms with Crippen molar-refractivity contribution in [3.05, 3.63) is 54.4 Å². The summed E-state index contributed by atoms with van der Waals surface area (Å²) < 4.78 is 0. The molecule has 1 unspecified atom stereocenters. The minimum Gasteiger partial charge on any atom is -0.404 e. The van der Waals surface area contributed by atoms with Crippen LogP contribution in [0.25, 0.3) is 5.57 Å². The number of aliphatic hydroxyl groups excluding tert-OH is 1. The van der Waals surface area contributed by atoms with Crippen LogP contribution in [0.3, 0.4) is 0 Å². The Bertz CT molecular complexity index is 423. The number of rotatable bonds is 7. The predicted octanol–water partition coefficient (Wildman–Crippen LogP) is 1.27. The molecule has 5 N–H and O–H groups in total. The normalized spacial score (nSPS) is 12.8. The average Bonchev–Trinajstić information content (AvgIpc) is 2.41. The summed E-state index contributed by atoms with van der Waals surface area (Å²) in [6.07, 6.45) is 4.94. The first-order chi connectivity index (χ1) is 8.74. The van der Waals surface area contributed by atoms with Crippen molar-refractivity contribution in [1.29, 1.82) is 5.41 Å². The summed E-state index contributed by atoms with van der Waals surface area (Å²) >= 11 is 0. The van der Waals surface area contributed by atoms with Gasteiger partial charge in [-0.1, -0.05) is 30.8 Å². The highest BCUT2D eigenvalue weighted by molar-refractivity contribution is 6.08. The van der Waals surface area contributed by atoms with Crippen LogP contribution in [0.4, 0.5) is 0 Å². The van der Waals surface area contributed by atoms with Crippen molar-refractivity contribution < 1.29 is 5.11 Å². The lowest BCUT2D eigenvalue weighted by molar-refractivity contribution is 0.251. The summed E-state index contributed by atoms with van der Waals surface area (Å²) in [5.41, 5.74) is 8.13. The molecule has 0 heterocycles. The van der Waals surface area contributed by atoms with Crippen molar-refractivity contribution in [1.82, 2.24) is 5.32 Å². The molecule has 0 aromatic heterocycles. The molecule has 96 valence electrons. The molecule has 0 saturated carbocycles.